The van der Waals surface area contributed by atoms with E-state index in [0.717, 1.165) is 16.3 Å². The molecular weight excluding hydrogens is 248 g/mol. The minimum Gasteiger partial charge on any atom is -0.493 e. The van der Waals surface area contributed by atoms with Gasteiger partial charge in [0, 0.05) is 0 Å². The number of methoxy groups -OCH3 is 2. The number of thiazole rings is 1. The van der Waals surface area contributed by atoms with Crippen LogP contribution < -0.4 is 9.47 Å². The van der Waals surface area contributed by atoms with Crippen LogP contribution in [0.1, 0.15) is 10.6 Å². The third-order valence-electron chi connectivity index (χ3n) is 2.53. The lowest BCUT2D eigenvalue weighted by Crippen LogP contribution is -1.92. The first-order valence-electron chi connectivity index (χ1n) is 5.30. The number of aromatic nitrogens is 1. The van der Waals surface area contributed by atoms with Crippen LogP contribution in [0.15, 0.2) is 18.2 Å². The average molecular weight is 260 g/mol. The summed E-state index contributed by atoms with van der Waals surface area (Å²) >= 11 is 1.35. The lowest BCUT2D eigenvalue weighted by atomic mass is 10.2. The van der Waals surface area contributed by atoms with Crippen molar-refractivity contribution in [3.8, 4) is 28.1 Å². The van der Waals surface area contributed by atoms with E-state index < -0.39 is 0 Å². The van der Waals surface area contributed by atoms with E-state index in [1.54, 1.807) is 14.2 Å². The van der Waals surface area contributed by atoms with Crippen LogP contribution in [-0.2, 0) is 0 Å². The molecule has 0 aliphatic rings. The molecule has 1 heterocycles. The van der Waals surface area contributed by atoms with Crippen LogP contribution in [-0.4, -0.2) is 19.2 Å². The van der Waals surface area contributed by atoms with Gasteiger partial charge >= 0.3 is 0 Å². The first-order chi connectivity index (χ1) is 8.71. The van der Waals surface area contributed by atoms with E-state index >= 15 is 0 Å². The summed E-state index contributed by atoms with van der Waals surface area (Å²) in [5.74, 6) is 1.29. The fourth-order valence-electron chi connectivity index (χ4n) is 1.67. The maximum Gasteiger partial charge on any atom is 0.170 e. The molecule has 18 heavy (non-hydrogen) atoms. The Morgan fingerprint density at radius 2 is 2.06 bits per heavy atom. The van der Waals surface area contributed by atoms with Crippen molar-refractivity contribution in [1.82, 2.24) is 4.98 Å². The highest BCUT2D eigenvalue weighted by Gasteiger charge is 2.16. The minimum absolute atomic E-state index is 0.620. The Balaban J connectivity index is 2.60. The number of benzene rings is 1. The Kier molecular flexibility index (Phi) is 3.49. The van der Waals surface area contributed by atoms with Crippen LogP contribution in [0, 0.1) is 18.3 Å². The molecule has 1 aromatic carbocycles. The highest BCUT2D eigenvalue weighted by Crippen LogP contribution is 2.39. The molecule has 5 heteroatoms. The molecule has 0 radical (unpaired) electrons. The fourth-order valence-corrected chi connectivity index (χ4v) is 2.56. The lowest BCUT2D eigenvalue weighted by molar-refractivity contribution is 0.356. The summed E-state index contributed by atoms with van der Waals surface area (Å²) < 4.78 is 10.6. The number of rotatable bonds is 3. The summed E-state index contributed by atoms with van der Waals surface area (Å²) in [4.78, 5) is 5.02. The Morgan fingerprint density at radius 1 is 1.28 bits per heavy atom. The maximum atomic E-state index is 8.97. The van der Waals surface area contributed by atoms with Gasteiger partial charge in [0.25, 0.3) is 0 Å². The smallest absolute Gasteiger partial charge is 0.170 e. The van der Waals surface area contributed by atoms with E-state index in [2.05, 4.69) is 11.1 Å². The quantitative estimate of drug-likeness (QED) is 0.851. The normalized spacial score (nSPS) is 9.89. The van der Waals surface area contributed by atoms with Gasteiger partial charge in [0.1, 0.15) is 16.0 Å². The standard InChI is InChI=1S/C13H12N2O2S/c1-8-11(7-14)18-13(15-8)9-5-4-6-10(16-2)12(9)17-3/h4-6H,1-3H3. The largest absolute Gasteiger partial charge is 0.493 e. The van der Waals surface area contributed by atoms with Crippen LogP contribution in [0.3, 0.4) is 0 Å². The van der Waals surface area contributed by atoms with Gasteiger partial charge in [0.15, 0.2) is 11.5 Å². The van der Waals surface area contributed by atoms with E-state index in [1.807, 2.05) is 25.1 Å². The average Bonchev–Trinajstić information content (AvgIpc) is 2.78. The van der Waals surface area contributed by atoms with Crippen molar-refractivity contribution in [2.24, 2.45) is 0 Å². The van der Waals surface area contributed by atoms with Gasteiger partial charge in [-0.2, -0.15) is 5.26 Å². The number of ether oxygens (including phenoxy) is 2. The molecule has 0 saturated heterocycles. The Labute approximate surface area is 109 Å². The number of para-hydroxylation sites is 1. The van der Waals surface area contributed by atoms with Gasteiger partial charge in [0.2, 0.25) is 0 Å². The maximum absolute atomic E-state index is 8.97. The molecule has 0 spiro atoms. The number of nitriles is 1. The van der Waals surface area contributed by atoms with Gasteiger partial charge in [-0.1, -0.05) is 6.07 Å². The molecule has 0 atom stereocenters. The van der Waals surface area contributed by atoms with E-state index in [1.165, 1.54) is 11.3 Å². The van der Waals surface area contributed by atoms with Gasteiger partial charge in [-0.15, -0.1) is 11.3 Å². The van der Waals surface area contributed by atoms with Crippen LogP contribution >= 0.6 is 11.3 Å². The monoisotopic (exact) mass is 260 g/mol. The number of aryl methyl sites for hydroxylation is 1. The van der Waals surface area contributed by atoms with E-state index in [-0.39, 0.29) is 0 Å². The molecule has 2 aromatic rings. The molecule has 0 amide bonds. The van der Waals surface area contributed by atoms with E-state index in [0.29, 0.717) is 16.4 Å². The van der Waals surface area contributed by atoms with Crippen molar-refractivity contribution in [3.63, 3.8) is 0 Å². The van der Waals surface area contributed by atoms with Crippen LogP contribution in [0.2, 0.25) is 0 Å². The molecule has 1 aromatic heterocycles. The molecule has 92 valence electrons. The molecule has 0 fully saturated rings. The number of hydrogen-bond acceptors (Lipinski definition) is 5. The van der Waals surface area contributed by atoms with Crippen molar-refractivity contribution in [2.75, 3.05) is 14.2 Å². The molecule has 0 saturated carbocycles. The molecule has 0 aliphatic heterocycles. The first kappa shape index (κ1) is 12.4. The third kappa shape index (κ3) is 2.03. The van der Waals surface area contributed by atoms with Gasteiger partial charge in [-0.25, -0.2) is 4.98 Å². The van der Waals surface area contributed by atoms with Crippen LogP contribution in [0.4, 0.5) is 0 Å². The topological polar surface area (TPSA) is 55.1 Å². The summed E-state index contributed by atoms with van der Waals surface area (Å²) in [6, 6.07) is 7.74. The zero-order valence-corrected chi connectivity index (χ0v) is 11.2. The second-order valence-corrected chi connectivity index (χ2v) is 4.59. The van der Waals surface area contributed by atoms with Gasteiger partial charge in [-0.05, 0) is 19.1 Å². The summed E-state index contributed by atoms with van der Waals surface area (Å²) in [6.45, 7) is 1.82. The fraction of sp³-hybridized carbons (Fsp3) is 0.231. The lowest BCUT2D eigenvalue weighted by Gasteiger charge is -2.10. The number of hydrogen-bond donors (Lipinski definition) is 0. The zero-order chi connectivity index (χ0) is 13.1. The van der Waals surface area contributed by atoms with E-state index in [4.69, 9.17) is 14.7 Å². The third-order valence-corrected chi connectivity index (χ3v) is 3.63. The van der Waals surface area contributed by atoms with Crippen molar-refractivity contribution >= 4 is 11.3 Å². The van der Waals surface area contributed by atoms with Crippen molar-refractivity contribution in [1.29, 1.82) is 5.26 Å². The van der Waals surface area contributed by atoms with E-state index in [9.17, 15) is 0 Å². The number of nitrogens with zero attached hydrogens (tertiary/aromatic N) is 2. The Bertz CT molecular complexity index is 614. The Morgan fingerprint density at radius 3 is 2.61 bits per heavy atom. The van der Waals surface area contributed by atoms with Crippen molar-refractivity contribution in [2.45, 2.75) is 6.92 Å². The second kappa shape index (κ2) is 5.07. The molecule has 4 nitrogen and oxygen atoms in total. The summed E-state index contributed by atoms with van der Waals surface area (Å²) in [5, 5.41) is 9.73. The molecule has 0 unspecified atom stereocenters. The predicted molar refractivity (Wildman–Crippen MR) is 70.1 cm³/mol. The highest BCUT2D eigenvalue weighted by molar-refractivity contribution is 7.15. The van der Waals surface area contributed by atoms with Crippen molar-refractivity contribution in [3.05, 3.63) is 28.8 Å². The van der Waals surface area contributed by atoms with Gasteiger partial charge in [-0.3, -0.25) is 0 Å². The first-order valence-corrected chi connectivity index (χ1v) is 6.11. The minimum atomic E-state index is 0.620. The Hall–Kier alpha value is -2.06. The molecule has 0 bridgehead atoms. The molecular formula is C13H12N2O2S. The van der Waals surface area contributed by atoms with Crippen LogP contribution in [0.25, 0.3) is 10.6 Å². The predicted octanol–water partition coefficient (Wildman–Crippen LogP) is 3.01. The zero-order valence-electron chi connectivity index (χ0n) is 10.4. The summed E-state index contributed by atoms with van der Waals surface area (Å²) in [7, 11) is 3.18. The van der Waals surface area contributed by atoms with Gasteiger partial charge < -0.3 is 9.47 Å². The molecule has 0 aliphatic carbocycles. The van der Waals surface area contributed by atoms with Crippen molar-refractivity contribution < 1.29 is 9.47 Å². The highest BCUT2D eigenvalue weighted by atomic mass is 32.1. The SMILES string of the molecule is COc1cccc(-c2nc(C)c(C#N)s2)c1OC. The molecule has 2 rings (SSSR count). The molecule has 0 N–H and O–H groups in total. The van der Waals surface area contributed by atoms with Crippen LogP contribution in [0.5, 0.6) is 11.5 Å². The second-order valence-electron chi connectivity index (χ2n) is 3.59. The summed E-state index contributed by atoms with van der Waals surface area (Å²) in [5.41, 5.74) is 1.58. The summed E-state index contributed by atoms with van der Waals surface area (Å²) in [6.07, 6.45) is 0. The van der Waals surface area contributed by atoms with Gasteiger partial charge in [0.05, 0.1) is 25.5 Å².